The van der Waals surface area contributed by atoms with Crippen molar-refractivity contribution >= 4 is 28.9 Å². The molecule has 7 heteroatoms. The Balaban J connectivity index is 2.02. The molecular weight excluding hydrogens is 298 g/mol. The van der Waals surface area contributed by atoms with Gasteiger partial charge in [0.15, 0.2) is 0 Å². The first-order valence-electron chi connectivity index (χ1n) is 6.81. The Morgan fingerprint density at radius 2 is 1.57 bits per heavy atom. The normalized spacial score (nSPS) is 10.0. The fourth-order valence-corrected chi connectivity index (χ4v) is 1.99. The summed E-state index contributed by atoms with van der Waals surface area (Å²) < 4.78 is 0. The van der Waals surface area contributed by atoms with Gasteiger partial charge in [0.25, 0.3) is 5.69 Å². The van der Waals surface area contributed by atoms with E-state index in [2.05, 4.69) is 10.6 Å². The van der Waals surface area contributed by atoms with Crippen LogP contribution in [-0.2, 0) is 9.59 Å². The van der Waals surface area contributed by atoms with E-state index in [1.807, 2.05) is 26.0 Å². The fourth-order valence-electron chi connectivity index (χ4n) is 1.99. The van der Waals surface area contributed by atoms with Gasteiger partial charge in [0.1, 0.15) is 0 Å². The zero-order chi connectivity index (χ0) is 17.0. The standard InChI is InChI=1S/C16H15N3O4/c1-10-3-8-14(11(2)9-10)18-16(21)15(20)17-12-4-6-13(7-5-12)19(22)23/h3-9H,1-2H3,(H,17,20)(H,18,21). The molecule has 0 unspecified atom stereocenters. The number of anilines is 2. The zero-order valence-electron chi connectivity index (χ0n) is 12.6. The third-order valence-corrected chi connectivity index (χ3v) is 3.17. The number of nitrogens with zero attached hydrogens (tertiary/aromatic N) is 1. The van der Waals surface area contributed by atoms with Gasteiger partial charge in [-0.1, -0.05) is 17.7 Å². The van der Waals surface area contributed by atoms with E-state index in [-0.39, 0.29) is 5.69 Å². The maximum atomic E-state index is 11.9. The molecule has 2 rings (SSSR count). The molecule has 0 aliphatic heterocycles. The average molecular weight is 313 g/mol. The van der Waals surface area contributed by atoms with Crippen molar-refractivity contribution in [2.24, 2.45) is 0 Å². The number of hydrogen-bond donors (Lipinski definition) is 2. The predicted molar refractivity (Wildman–Crippen MR) is 86.3 cm³/mol. The highest BCUT2D eigenvalue weighted by molar-refractivity contribution is 6.43. The van der Waals surface area contributed by atoms with Crippen molar-refractivity contribution in [1.82, 2.24) is 0 Å². The number of nitrogens with one attached hydrogen (secondary N) is 2. The summed E-state index contributed by atoms with van der Waals surface area (Å²) in [7, 11) is 0. The summed E-state index contributed by atoms with van der Waals surface area (Å²) in [6.45, 7) is 3.76. The van der Waals surface area contributed by atoms with E-state index in [4.69, 9.17) is 0 Å². The largest absolute Gasteiger partial charge is 0.318 e. The number of amides is 2. The van der Waals surface area contributed by atoms with Crippen molar-refractivity contribution in [3.05, 3.63) is 63.7 Å². The minimum Gasteiger partial charge on any atom is -0.318 e. The summed E-state index contributed by atoms with van der Waals surface area (Å²) >= 11 is 0. The molecule has 23 heavy (non-hydrogen) atoms. The molecule has 0 heterocycles. The molecule has 0 fully saturated rings. The molecule has 0 aromatic heterocycles. The van der Waals surface area contributed by atoms with Gasteiger partial charge in [0.05, 0.1) is 4.92 Å². The van der Waals surface area contributed by atoms with Gasteiger partial charge in [-0.25, -0.2) is 0 Å². The van der Waals surface area contributed by atoms with Gasteiger partial charge in [0.2, 0.25) is 0 Å². The zero-order valence-corrected chi connectivity index (χ0v) is 12.6. The quantitative estimate of drug-likeness (QED) is 0.517. The number of non-ortho nitro benzene ring substituents is 1. The van der Waals surface area contributed by atoms with Crippen LogP contribution in [-0.4, -0.2) is 16.7 Å². The van der Waals surface area contributed by atoms with Crippen LogP contribution >= 0.6 is 0 Å². The number of aryl methyl sites for hydroxylation is 2. The lowest BCUT2D eigenvalue weighted by Crippen LogP contribution is -2.29. The third-order valence-electron chi connectivity index (χ3n) is 3.17. The SMILES string of the molecule is Cc1ccc(NC(=O)C(=O)Nc2ccc([N+](=O)[O-])cc2)c(C)c1. The summed E-state index contributed by atoms with van der Waals surface area (Å²) in [4.78, 5) is 33.8. The van der Waals surface area contributed by atoms with Gasteiger partial charge in [-0.05, 0) is 37.6 Å². The van der Waals surface area contributed by atoms with Crippen molar-refractivity contribution in [2.45, 2.75) is 13.8 Å². The summed E-state index contributed by atoms with van der Waals surface area (Å²) in [6, 6.07) is 10.7. The van der Waals surface area contributed by atoms with Gasteiger partial charge >= 0.3 is 11.8 Å². The molecule has 0 saturated heterocycles. The molecule has 0 aliphatic carbocycles. The molecule has 0 aliphatic rings. The topological polar surface area (TPSA) is 101 Å². The van der Waals surface area contributed by atoms with Crippen LogP contribution in [0.2, 0.25) is 0 Å². The average Bonchev–Trinajstić information content (AvgIpc) is 2.50. The molecule has 0 atom stereocenters. The van der Waals surface area contributed by atoms with E-state index in [9.17, 15) is 19.7 Å². The highest BCUT2D eigenvalue weighted by Crippen LogP contribution is 2.17. The molecule has 0 saturated carbocycles. The molecule has 2 amide bonds. The molecule has 2 aromatic carbocycles. The Labute approximate surface area is 132 Å². The Morgan fingerprint density at radius 3 is 2.13 bits per heavy atom. The second-order valence-corrected chi connectivity index (χ2v) is 5.03. The molecule has 2 aromatic rings. The Bertz CT molecular complexity index is 769. The van der Waals surface area contributed by atoms with Gasteiger partial charge < -0.3 is 10.6 Å². The lowest BCUT2D eigenvalue weighted by molar-refractivity contribution is -0.384. The van der Waals surface area contributed by atoms with Gasteiger partial charge in [-0.3, -0.25) is 19.7 Å². The third kappa shape index (κ3) is 4.13. The van der Waals surface area contributed by atoms with Gasteiger partial charge in [0, 0.05) is 23.5 Å². The van der Waals surface area contributed by atoms with Crippen molar-refractivity contribution < 1.29 is 14.5 Å². The van der Waals surface area contributed by atoms with E-state index < -0.39 is 16.7 Å². The predicted octanol–water partition coefficient (Wildman–Crippen LogP) is 2.79. The van der Waals surface area contributed by atoms with Crippen LogP contribution in [0.5, 0.6) is 0 Å². The lowest BCUT2D eigenvalue weighted by Gasteiger charge is -2.09. The number of rotatable bonds is 3. The van der Waals surface area contributed by atoms with Crippen molar-refractivity contribution in [1.29, 1.82) is 0 Å². The number of carbonyl (C=O) groups is 2. The van der Waals surface area contributed by atoms with E-state index >= 15 is 0 Å². The minimum atomic E-state index is -0.848. The monoisotopic (exact) mass is 313 g/mol. The number of hydrogen-bond acceptors (Lipinski definition) is 4. The lowest BCUT2D eigenvalue weighted by atomic mass is 10.1. The van der Waals surface area contributed by atoms with Crippen LogP contribution < -0.4 is 10.6 Å². The van der Waals surface area contributed by atoms with E-state index in [0.29, 0.717) is 11.4 Å². The highest BCUT2D eigenvalue weighted by Gasteiger charge is 2.15. The number of carbonyl (C=O) groups excluding carboxylic acids is 2. The van der Waals surface area contributed by atoms with Crippen molar-refractivity contribution in [3.63, 3.8) is 0 Å². The number of nitro groups is 1. The molecule has 2 N–H and O–H groups in total. The Kier molecular flexibility index (Phi) is 4.70. The number of nitro benzene ring substituents is 1. The maximum Gasteiger partial charge on any atom is 0.314 e. The van der Waals surface area contributed by atoms with Crippen LogP contribution in [0.25, 0.3) is 0 Å². The second-order valence-electron chi connectivity index (χ2n) is 5.03. The fraction of sp³-hybridized carbons (Fsp3) is 0.125. The number of benzene rings is 2. The van der Waals surface area contributed by atoms with Gasteiger partial charge in [-0.15, -0.1) is 0 Å². The van der Waals surface area contributed by atoms with E-state index in [1.54, 1.807) is 6.07 Å². The first kappa shape index (κ1) is 16.2. The first-order valence-corrected chi connectivity index (χ1v) is 6.81. The highest BCUT2D eigenvalue weighted by atomic mass is 16.6. The molecule has 0 radical (unpaired) electrons. The van der Waals surface area contributed by atoms with Gasteiger partial charge in [-0.2, -0.15) is 0 Å². The Morgan fingerprint density at radius 1 is 0.957 bits per heavy atom. The van der Waals surface area contributed by atoms with E-state index in [0.717, 1.165) is 11.1 Å². The molecule has 0 bridgehead atoms. The molecule has 7 nitrogen and oxygen atoms in total. The summed E-state index contributed by atoms with van der Waals surface area (Å²) in [6.07, 6.45) is 0. The molecule has 0 spiro atoms. The summed E-state index contributed by atoms with van der Waals surface area (Å²) in [5, 5.41) is 15.5. The smallest absolute Gasteiger partial charge is 0.314 e. The molecular formula is C16H15N3O4. The first-order chi connectivity index (χ1) is 10.9. The summed E-state index contributed by atoms with van der Waals surface area (Å²) in [5.41, 5.74) is 2.66. The van der Waals surface area contributed by atoms with Crippen LogP contribution in [0.1, 0.15) is 11.1 Å². The van der Waals surface area contributed by atoms with Crippen LogP contribution in [0, 0.1) is 24.0 Å². The Hall–Kier alpha value is -3.22. The van der Waals surface area contributed by atoms with Crippen LogP contribution in [0.15, 0.2) is 42.5 Å². The van der Waals surface area contributed by atoms with Crippen LogP contribution in [0.4, 0.5) is 17.1 Å². The maximum absolute atomic E-state index is 11.9. The second kappa shape index (κ2) is 6.69. The van der Waals surface area contributed by atoms with Crippen molar-refractivity contribution in [3.8, 4) is 0 Å². The van der Waals surface area contributed by atoms with E-state index in [1.165, 1.54) is 24.3 Å². The molecule has 118 valence electrons. The summed E-state index contributed by atoms with van der Waals surface area (Å²) in [5.74, 6) is -1.66. The minimum absolute atomic E-state index is 0.0947. The van der Waals surface area contributed by atoms with Crippen molar-refractivity contribution in [2.75, 3.05) is 10.6 Å². The van der Waals surface area contributed by atoms with Crippen LogP contribution in [0.3, 0.4) is 0 Å².